The first kappa shape index (κ1) is 9.51. The number of aliphatic hydroxyl groups is 2. The van der Waals surface area contributed by atoms with E-state index in [0.29, 0.717) is 5.69 Å². The molecule has 1 heterocycles. The molecule has 2 N–H and O–H groups in total. The third-order valence-corrected chi connectivity index (χ3v) is 2.00. The van der Waals surface area contributed by atoms with Crippen LogP contribution < -0.4 is 0 Å². The van der Waals surface area contributed by atoms with Crippen LogP contribution in [-0.2, 0) is 7.05 Å². The second-order valence-electron chi connectivity index (χ2n) is 2.55. The van der Waals surface area contributed by atoms with Crippen LogP contribution in [0.3, 0.4) is 0 Å². The van der Waals surface area contributed by atoms with Crippen LogP contribution in [-0.4, -0.2) is 32.0 Å². The Morgan fingerprint density at radius 2 is 2.33 bits per heavy atom. The predicted molar refractivity (Wildman–Crippen MR) is 44.9 cm³/mol. The van der Waals surface area contributed by atoms with Crippen molar-refractivity contribution in [1.29, 1.82) is 0 Å². The minimum absolute atomic E-state index is 0.00630. The zero-order chi connectivity index (χ0) is 9.14. The van der Waals surface area contributed by atoms with E-state index >= 15 is 0 Å². The van der Waals surface area contributed by atoms with Crippen LogP contribution in [0.25, 0.3) is 0 Å². The van der Waals surface area contributed by atoms with Gasteiger partial charge in [-0.25, -0.2) is 0 Å². The van der Waals surface area contributed by atoms with Gasteiger partial charge in [-0.2, -0.15) is 5.10 Å². The molecule has 0 aromatic carbocycles. The lowest BCUT2D eigenvalue weighted by Gasteiger charge is -2.14. The fraction of sp³-hybridized carbons (Fsp3) is 0.571. The van der Waals surface area contributed by atoms with Gasteiger partial charge in [0.05, 0.1) is 17.7 Å². The highest BCUT2D eigenvalue weighted by Crippen LogP contribution is 2.15. The Hall–Kier alpha value is -0.580. The first-order valence-electron chi connectivity index (χ1n) is 3.56. The molecule has 0 spiro atoms. The van der Waals surface area contributed by atoms with E-state index in [0.717, 1.165) is 0 Å². The zero-order valence-corrected chi connectivity index (χ0v) is 7.44. The van der Waals surface area contributed by atoms with Gasteiger partial charge in [-0.3, -0.25) is 4.68 Å². The van der Waals surface area contributed by atoms with E-state index < -0.39 is 12.2 Å². The molecule has 0 fully saturated rings. The number of aryl methyl sites for hydroxylation is 1. The van der Waals surface area contributed by atoms with E-state index in [1.165, 1.54) is 4.68 Å². The molecule has 5 heteroatoms. The quantitative estimate of drug-likeness (QED) is 0.663. The molecule has 0 saturated carbocycles. The van der Waals surface area contributed by atoms with Gasteiger partial charge >= 0.3 is 0 Å². The molecule has 0 aliphatic carbocycles. The summed E-state index contributed by atoms with van der Waals surface area (Å²) < 4.78 is 1.50. The van der Waals surface area contributed by atoms with Crippen LogP contribution >= 0.6 is 11.6 Å². The molecule has 1 aromatic rings. The molecule has 0 aliphatic rings. The largest absolute Gasteiger partial charge is 0.389 e. The summed E-state index contributed by atoms with van der Waals surface area (Å²) in [4.78, 5) is 0. The summed E-state index contributed by atoms with van der Waals surface area (Å²) in [5, 5.41) is 22.5. The van der Waals surface area contributed by atoms with Gasteiger partial charge in [0, 0.05) is 13.2 Å². The Morgan fingerprint density at radius 1 is 1.67 bits per heavy atom. The highest BCUT2D eigenvalue weighted by Gasteiger charge is 2.19. The lowest BCUT2D eigenvalue weighted by Crippen LogP contribution is -2.21. The van der Waals surface area contributed by atoms with Crippen LogP contribution in [0, 0.1) is 0 Å². The summed E-state index contributed by atoms with van der Waals surface area (Å²) in [6.07, 6.45) is -0.350. The van der Waals surface area contributed by atoms with Crippen molar-refractivity contribution in [2.24, 2.45) is 7.05 Å². The van der Waals surface area contributed by atoms with Crippen molar-refractivity contribution >= 4 is 11.6 Å². The molecule has 1 rings (SSSR count). The average molecular weight is 191 g/mol. The maximum Gasteiger partial charge on any atom is 0.123 e. The van der Waals surface area contributed by atoms with Crippen LogP contribution in [0.2, 0.25) is 0 Å². The van der Waals surface area contributed by atoms with Gasteiger partial charge in [0.1, 0.15) is 6.10 Å². The van der Waals surface area contributed by atoms with E-state index in [4.69, 9.17) is 11.6 Å². The Kier molecular flexibility index (Phi) is 3.08. The van der Waals surface area contributed by atoms with E-state index in [2.05, 4.69) is 5.10 Å². The highest BCUT2D eigenvalue weighted by atomic mass is 35.5. The summed E-state index contributed by atoms with van der Waals surface area (Å²) in [6.45, 7) is 0. The van der Waals surface area contributed by atoms with Crippen molar-refractivity contribution in [2.75, 3.05) is 5.88 Å². The Morgan fingerprint density at radius 3 is 2.75 bits per heavy atom. The number of halogens is 1. The third-order valence-electron chi connectivity index (χ3n) is 1.68. The zero-order valence-electron chi connectivity index (χ0n) is 6.68. The normalized spacial score (nSPS) is 16.0. The smallest absolute Gasteiger partial charge is 0.123 e. The molecule has 12 heavy (non-hydrogen) atoms. The molecule has 2 atom stereocenters. The Labute approximate surface area is 75.4 Å². The van der Waals surface area contributed by atoms with E-state index in [1.807, 2.05) is 0 Å². The van der Waals surface area contributed by atoms with Crippen molar-refractivity contribution in [1.82, 2.24) is 9.78 Å². The lowest BCUT2D eigenvalue weighted by atomic mass is 10.1. The lowest BCUT2D eigenvalue weighted by molar-refractivity contribution is 0.0276. The van der Waals surface area contributed by atoms with Crippen molar-refractivity contribution < 1.29 is 10.2 Å². The van der Waals surface area contributed by atoms with Crippen LogP contribution in [0.15, 0.2) is 12.3 Å². The third kappa shape index (κ3) is 1.77. The van der Waals surface area contributed by atoms with Crippen LogP contribution in [0.1, 0.15) is 11.8 Å². The molecule has 2 unspecified atom stereocenters. The summed E-state index contributed by atoms with van der Waals surface area (Å²) in [7, 11) is 1.69. The predicted octanol–water partition coefficient (Wildman–Crippen LogP) is 0.0532. The summed E-state index contributed by atoms with van der Waals surface area (Å²) in [6, 6.07) is 1.64. The fourth-order valence-corrected chi connectivity index (χ4v) is 1.12. The van der Waals surface area contributed by atoms with Gasteiger partial charge in [-0.15, -0.1) is 11.6 Å². The number of hydrogen-bond donors (Lipinski definition) is 2. The van der Waals surface area contributed by atoms with Gasteiger partial charge in [0.2, 0.25) is 0 Å². The topological polar surface area (TPSA) is 58.3 Å². The molecule has 68 valence electrons. The van der Waals surface area contributed by atoms with Crippen molar-refractivity contribution in [3.8, 4) is 0 Å². The summed E-state index contributed by atoms with van der Waals surface area (Å²) in [5.41, 5.74) is 0.558. The second-order valence-corrected chi connectivity index (χ2v) is 2.85. The molecule has 0 amide bonds. The monoisotopic (exact) mass is 190 g/mol. The molecule has 0 bridgehead atoms. The number of rotatable bonds is 3. The number of aromatic nitrogens is 2. The van der Waals surface area contributed by atoms with E-state index in [1.54, 1.807) is 19.3 Å². The van der Waals surface area contributed by atoms with Crippen LogP contribution in [0.5, 0.6) is 0 Å². The van der Waals surface area contributed by atoms with Gasteiger partial charge in [-0.1, -0.05) is 0 Å². The Balaban J connectivity index is 2.77. The van der Waals surface area contributed by atoms with Crippen molar-refractivity contribution in [3.63, 3.8) is 0 Å². The van der Waals surface area contributed by atoms with Crippen molar-refractivity contribution in [2.45, 2.75) is 12.2 Å². The maximum absolute atomic E-state index is 9.46. The van der Waals surface area contributed by atoms with Crippen LogP contribution in [0.4, 0.5) is 0 Å². The number of hydrogen-bond acceptors (Lipinski definition) is 3. The molecule has 4 nitrogen and oxygen atoms in total. The Bertz CT molecular complexity index is 251. The molecule has 1 aromatic heterocycles. The van der Waals surface area contributed by atoms with Crippen molar-refractivity contribution in [3.05, 3.63) is 18.0 Å². The minimum Gasteiger partial charge on any atom is -0.389 e. The molecular formula is C7H11ClN2O2. The SMILES string of the molecule is Cn1nccc1C(O)C(O)CCl. The van der Waals surface area contributed by atoms with Gasteiger partial charge in [0.15, 0.2) is 0 Å². The number of aliphatic hydroxyl groups excluding tert-OH is 2. The maximum atomic E-state index is 9.46. The van der Waals surface area contributed by atoms with Gasteiger partial charge in [-0.05, 0) is 6.07 Å². The summed E-state index contributed by atoms with van der Waals surface area (Å²) >= 11 is 5.38. The fourth-order valence-electron chi connectivity index (χ4n) is 0.956. The number of alkyl halides is 1. The average Bonchev–Trinajstić information content (AvgIpc) is 2.48. The molecular weight excluding hydrogens is 180 g/mol. The summed E-state index contributed by atoms with van der Waals surface area (Å²) in [5.74, 6) is 0.00630. The number of nitrogens with zero attached hydrogens (tertiary/aromatic N) is 2. The highest BCUT2D eigenvalue weighted by molar-refractivity contribution is 6.18. The molecule has 0 radical (unpaired) electrons. The van der Waals surface area contributed by atoms with E-state index in [-0.39, 0.29) is 5.88 Å². The minimum atomic E-state index is -0.963. The first-order valence-corrected chi connectivity index (χ1v) is 4.10. The van der Waals surface area contributed by atoms with Gasteiger partial charge in [0.25, 0.3) is 0 Å². The standard InChI is InChI=1S/C7H11ClN2O2/c1-10-5(2-3-9-10)7(12)6(11)4-8/h2-3,6-7,11-12H,4H2,1H3. The van der Waals surface area contributed by atoms with E-state index in [9.17, 15) is 10.2 Å². The second kappa shape index (κ2) is 3.89. The molecule has 0 saturated heterocycles. The van der Waals surface area contributed by atoms with Gasteiger partial charge < -0.3 is 10.2 Å². The molecule has 0 aliphatic heterocycles. The first-order chi connectivity index (χ1) is 5.66.